The molecule has 4 rings (SSSR count). The smallest absolute Gasteiger partial charge is 0.158 e. The SMILES string of the molecule is N#CC(C#N)c1cc2c3c(c1)CCc1cc(C(C#N)C#N)cc(c1-3)CC2. The Bertz CT molecular complexity index is 931. The van der Waals surface area contributed by atoms with Crippen LogP contribution in [-0.2, 0) is 25.7 Å². The van der Waals surface area contributed by atoms with Crippen LogP contribution in [0.25, 0.3) is 11.1 Å². The van der Waals surface area contributed by atoms with Gasteiger partial charge in [-0.3, -0.25) is 0 Å². The van der Waals surface area contributed by atoms with Crippen LogP contribution in [0.15, 0.2) is 24.3 Å². The van der Waals surface area contributed by atoms with E-state index in [0.29, 0.717) is 0 Å². The largest absolute Gasteiger partial charge is 0.196 e. The minimum atomic E-state index is -0.728. The third-order valence-electron chi connectivity index (χ3n) is 5.41. The van der Waals surface area contributed by atoms with Crippen molar-refractivity contribution in [2.45, 2.75) is 37.5 Å². The summed E-state index contributed by atoms with van der Waals surface area (Å²) in [6.45, 7) is 0. The quantitative estimate of drug-likeness (QED) is 0.834. The third-order valence-corrected chi connectivity index (χ3v) is 5.41. The van der Waals surface area contributed by atoms with Crippen molar-refractivity contribution in [3.8, 4) is 35.4 Å². The van der Waals surface area contributed by atoms with Crippen LogP contribution in [0.5, 0.6) is 0 Å². The molecule has 0 atom stereocenters. The van der Waals surface area contributed by atoms with Crippen molar-refractivity contribution >= 4 is 0 Å². The zero-order chi connectivity index (χ0) is 18.3. The summed E-state index contributed by atoms with van der Waals surface area (Å²) in [6.07, 6.45) is 3.39. The summed E-state index contributed by atoms with van der Waals surface area (Å²) < 4.78 is 0. The summed E-state index contributed by atoms with van der Waals surface area (Å²) >= 11 is 0. The molecule has 0 amide bonds. The second-order valence-corrected chi connectivity index (χ2v) is 6.81. The van der Waals surface area contributed by atoms with Gasteiger partial charge in [0, 0.05) is 0 Å². The van der Waals surface area contributed by atoms with Crippen molar-refractivity contribution in [1.82, 2.24) is 0 Å². The van der Waals surface area contributed by atoms with Gasteiger partial charge in [-0.15, -0.1) is 0 Å². The van der Waals surface area contributed by atoms with Crippen LogP contribution in [0.4, 0.5) is 0 Å². The molecule has 0 heterocycles. The van der Waals surface area contributed by atoms with E-state index >= 15 is 0 Å². The highest BCUT2D eigenvalue weighted by Gasteiger charge is 2.28. The molecule has 0 aliphatic heterocycles. The Balaban J connectivity index is 1.91. The normalized spacial score (nSPS) is 13.3. The molecule has 0 unspecified atom stereocenters. The molecule has 2 aromatic rings. The summed E-state index contributed by atoms with van der Waals surface area (Å²) in [4.78, 5) is 0. The van der Waals surface area contributed by atoms with Gasteiger partial charge in [0.25, 0.3) is 0 Å². The van der Waals surface area contributed by atoms with Crippen molar-refractivity contribution in [2.75, 3.05) is 0 Å². The molecular formula is C22H14N4. The lowest BCUT2D eigenvalue weighted by Gasteiger charge is -2.31. The first-order valence-corrected chi connectivity index (χ1v) is 8.60. The fraction of sp³-hybridized carbons (Fsp3) is 0.273. The number of hydrogen-bond acceptors (Lipinski definition) is 4. The highest BCUT2D eigenvalue weighted by molar-refractivity contribution is 5.82. The molecule has 0 spiro atoms. The molecule has 2 aliphatic rings. The van der Waals surface area contributed by atoms with Crippen molar-refractivity contribution in [3.63, 3.8) is 0 Å². The second-order valence-electron chi connectivity index (χ2n) is 6.81. The van der Waals surface area contributed by atoms with E-state index in [1.807, 2.05) is 24.3 Å². The van der Waals surface area contributed by atoms with Crippen molar-refractivity contribution in [2.24, 2.45) is 0 Å². The minimum absolute atomic E-state index is 0.728. The van der Waals surface area contributed by atoms with E-state index in [1.165, 1.54) is 33.4 Å². The maximum absolute atomic E-state index is 9.22. The molecule has 0 radical (unpaired) electrons. The van der Waals surface area contributed by atoms with Gasteiger partial charge in [-0.1, -0.05) is 24.3 Å². The molecule has 26 heavy (non-hydrogen) atoms. The summed E-state index contributed by atoms with van der Waals surface area (Å²) in [6, 6.07) is 16.3. The molecule has 0 fully saturated rings. The highest BCUT2D eigenvalue weighted by Crippen LogP contribution is 2.44. The molecule has 2 aliphatic carbocycles. The third kappa shape index (κ3) is 2.25. The van der Waals surface area contributed by atoms with Gasteiger partial charge in [-0.25, -0.2) is 0 Å². The topological polar surface area (TPSA) is 95.2 Å². The van der Waals surface area contributed by atoms with Gasteiger partial charge in [-0.2, -0.15) is 21.0 Å². The van der Waals surface area contributed by atoms with E-state index in [2.05, 4.69) is 24.3 Å². The Labute approximate surface area is 152 Å². The van der Waals surface area contributed by atoms with E-state index in [1.54, 1.807) is 0 Å². The van der Waals surface area contributed by atoms with Gasteiger partial charge in [-0.05, 0) is 70.2 Å². The molecule has 0 bridgehead atoms. The first-order chi connectivity index (χ1) is 12.7. The maximum Gasteiger partial charge on any atom is 0.158 e. The standard InChI is InChI=1S/C22H14N4/c23-9-19(10-24)17-5-13-1-2-14-6-18(20(11-25)12-26)8-16-4-3-15(7-17)21(13)22(14)16/h5-8,19-20H,1-4H2. The Morgan fingerprint density at radius 2 is 0.808 bits per heavy atom. The van der Waals surface area contributed by atoms with E-state index < -0.39 is 11.8 Å². The number of rotatable bonds is 2. The van der Waals surface area contributed by atoms with E-state index in [-0.39, 0.29) is 0 Å². The zero-order valence-electron chi connectivity index (χ0n) is 14.1. The molecule has 4 heteroatoms. The number of aryl methyl sites for hydroxylation is 4. The van der Waals surface area contributed by atoms with Crippen molar-refractivity contribution < 1.29 is 0 Å². The van der Waals surface area contributed by atoms with Crippen LogP contribution in [0, 0.1) is 45.3 Å². The van der Waals surface area contributed by atoms with Crippen molar-refractivity contribution in [1.29, 1.82) is 21.0 Å². The average molecular weight is 334 g/mol. The molecule has 0 N–H and O–H groups in total. The van der Waals surface area contributed by atoms with E-state index in [0.717, 1.165) is 36.8 Å². The van der Waals surface area contributed by atoms with Gasteiger partial charge in [0.2, 0.25) is 0 Å². The van der Waals surface area contributed by atoms with Gasteiger partial charge in [0.15, 0.2) is 11.8 Å². The number of hydrogen-bond donors (Lipinski definition) is 0. The summed E-state index contributed by atoms with van der Waals surface area (Å²) in [7, 11) is 0. The molecule has 0 saturated carbocycles. The molecule has 2 aromatic carbocycles. The fourth-order valence-electron chi connectivity index (χ4n) is 4.25. The van der Waals surface area contributed by atoms with Gasteiger partial charge in [0.05, 0.1) is 24.3 Å². The second kappa shape index (κ2) is 6.04. The molecule has 0 saturated heterocycles. The van der Waals surface area contributed by atoms with Gasteiger partial charge < -0.3 is 0 Å². The molecule has 122 valence electrons. The van der Waals surface area contributed by atoms with Gasteiger partial charge >= 0.3 is 0 Å². The number of nitriles is 4. The minimum Gasteiger partial charge on any atom is -0.196 e. The Hall–Kier alpha value is -3.60. The average Bonchev–Trinajstić information content (AvgIpc) is 2.67. The lowest BCUT2D eigenvalue weighted by Crippen LogP contribution is -2.16. The lowest BCUT2D eigenvalue weighted by molar-refractivity contribution is 0.862. The molecular weight excluding hydrogens is 320 g/mol. The monoisotopic (exact) mass is 334 g/mol. The highest BCUT2D eigenvalue weighted by atomic mass is 14.4. The summed E-state index contributed by atoms with van der Waals surface area (Å²) in [5.74, 6) is -1.46. The Kier molecular flexibility index (Phi) is 3.69. The van der Waals surface area contributed by atoms with Crippen LogP contribution in [0.3, 0.4) is 0 Å². The first kappa shape index (κ1) is 15.9. The van der Waals surface area contributed by atoms with Crippen LogP contribution < -0.4 is 0 Å². The Morgan fingerprint density at radius 1 is 0.538 bits per heavy atom. The van der Waals surface area contributed by atoms with Crippen molar-refractivity contribution in [3.05, 3.63) is 57.6 Å². The van der Waals surface area contributed by atoms with E-state index in [4.69, 9.17) is 0 Å². The maximum atomic E-state index is 9.22. The molecule has 0 aromatic heterocycles. The number of nitrogens with zero attached hydrogens (tertiary/aromatic N) is 4. The van der Waals surface area contributed by atoms with Crippen LogP contribution >= 0.6 is 0 Å². The fourth-order valence-corrected chi connectivity index (χ4v) is 4.25. The van der Waals surface area contributed by atoms with Gasteiger partial charge in [0.1, 0.15) is 0 Å². The lowest BCUT2D eigenvalue weighted by atomic mass is 9.73. The molecule has 4 nitrogen and oxygen atoms in total. The summed E-state index contributed by atoms with van der Waals surface area (Å²) in [5, 5.41) is 36.9. The first-order valence-electron chi connectivity index (χ1n) is 8.60. The van der Waals surface area contributed by atoms with Crippen LogP contribution in [0.1, 0.15) is 45.2 Å². The Morgan fingerprint density at radius 3 is 1.04 bits per heavy atom. The summed E-state index contributed by atoms with van der Waals surface area (Å²) in [5.41, 5.74) is 8.86. The predicted molar refractivity (Wildman–Crippen MR) is 94.6 cm³/mol. The predicted octanol–water partition coefficient (Wildman–Crippen LogP) is 3.81. The van der Waals surface area contributed by atoms with Crippen LogP contribution in [-0.4, -0.2) is 0 Å². The van der Waals surface area contributed by atoms with Crippen LogP contribution in [0.2, 0.25) is 0 Å². The zero-order valence-corrected chi connectivity index (χ0v) is 14.1. The number of benzene rings is 2. The van der Waals surface area contributed by atoms with E-state index in [9.17, 15) is 21.0 Å².